The van der Waals surface area contributed by atoms with Gasteiger partial charge < -0.3 is 14.3 Å². The zero-order valence-electron chi connectivity index (χ0n) is 10.3. The summed E-state index contributed by atoms with van der Waals surface area (Å²) in [6, 6.07) is 0. The second-order valence-corrected chi connectivity index (χ2v) is 5.55. The molecule has 1 heterocycles. The normalized spacial score (nSPS) is 25.8. The molecule has 3 nitrogen and oxygen atoms in total. The fourth-order valence-corrected chi connectivity index (χ4v) is 1.98. The molecule has 0 amide bonds. The lowest BCUT2D eigenvalue weighted by atomic mass is 9.86. The standard InChI is InChI=1S/C12H24NO2/c1-10(11-5-7-15-8-6-11)12(14)9-13(2,3)4/h5,7,10-12,14H,6,8-9H2,1-4H3/q+1. The van der Waals surface area contributed by atoms with Crippen LogP contribution < -0.4 is 0 Å². The highest BCUT2D eigenvalue weighted by Crippen LogP contribution is 2.24. The van der Waals surface area contributed by atoms with Gasteiger partial charge in [0.15, 0.2) is 0 Å². The number of aliphatic hydroxyl groups excluding tert-OH is 1. The predicted molar refractivity (Wildman–Crippen MR) is 61.3 cm³/mol. The largest absolute Gasteiger partial charge is 0.501 e. The number of hydrogen-bond acceptors (Lipinski definition) is 2. The lowest BCUT2D eigenvalue weighted by molar-refractivity contribution is -0.874. The molecule has 15 heavy (non-hydrogen) atoms. The predicted octanol–water partition coefficient (Wildman–Crippen LogP) is 1.24. The Morgan fingerprint density at radius 1 is 1.47 bits per heavy atom. The van der Waals surface area contributed by atoms with Crippen LogP contribution in [0.2, 0.25) is 0 Å². The average Bonchev–Trinajstić information content (AvgIpc) is 2.15. The summed E-state index contributed by atoms with van der Waals surface area (Å²) in [6.07, 6.45) is 4.63. The van der Waals surface area contributed by atoms with Gasteiger partial charge in [-0.05, 0) is 24.3 Å². The van der Waals surface area contributed by atoms with E-state index in [2.05, 4.69) is 34.1 Å². The highest BCUT2D eigenvalue weighted by atomic mass is 16.5. The molecule has 1 rings (SSSR count). The smallest absolute Gasteiger partial charge is 0.106 e. The van der Waals surface area contributed by atoms with Crippen LogP contribution in [0.1, 0.15) is 13.3 Å². The van der Waals surface area contributed by atoms with Crippen LogP contribution >= 0.6 is 0 Å². The minimum absolute atomic E-state index is 0.238. The molecule has 0 saturated carbocycles. The molecule has 1 aliphatic heterocycles. The van der Waals surface area contributed by atoms with Crippen LogP contribution in [0.4, 0.5) is 0 Å². The molecule has 0 radical (unpaired) electrons. The Kier molecular flexibility index (Phi) is 4.17. The molecular formula is C12H24NO2+. The van der Waals surface area contributed by atoms with E-state index < -0.39 is 0 Å². The fraction of sp³-hybridized carbons (Fsp3) is 0.833. The SMILES string of the molecule is CC(C(O)C[N+](C)(C)C)C1C=COCC1. The number of rotatable bonds is 4. The average molecular weight is 214 g/mol. The zero-order valence-corrected chi connectivity index (χ0v) is 10.3. The van der Waals surface area contributed by atoms with Gasteiger partial charge in [-0.15, -0.1) is 0 Å². The number of allylic oxidation sites excluding steroid dienone is 1. The molecule has 3 heteroatoms. The topological polar surface area (TPSA) is 29.5 Å². The number of quaternary nitrogens is 1. The van der Waals surface area contributed by atoms with Crippen molar-refractivity contribution in [3.05, 3.63) is 12.3 Å². The third kappa shape index (κ3) is 4.22. The Morgan fingerprint density at radius 2 is 2.13 bits per heavy atom. The third-order valence-corrected chi connectivity index (χ3v) is 3.01. The van der Waals surface area contributed by atoms with Gasteiger partial charge in [0.25, 0.3) is 0 Å². The minimum atomic E-state index is -0.238. The van der Waals surface area contributed by atoms with Gasteiger partial charge in [-0.3, -0.25) is 0 Å². The van der Waals surface area contributed by atoms with E-state index >= 15 is 0 Å². The summed E-state index contributed by atoms with van der Waals surface area (Å²) in [5.74, 6) is 0.766. The molecule has 0 aliphatic carbocycles. The molecule has 0 spiro atoms. The quantitative estimate of drug-likeness (QED) is 0.714. The first kappa shape index (κ1) is 12.5. The van der Waals surface area contributed by atoms with E-state index in [1.807, 2.05) is 0 Å². The summed E-state index contributed by atoms with van der Waals surface area (Å²) in [5, 5.41) is 10.1. The van der Waals surface area contributed by atoms with E-state index in [0.29, 0.717) is 11.8 Å². The third-order valence-electron chi connectivity index (χ3n) is 3.01. The molecular weight excluding hydrogens is 190 g/mol. The van der Waals surface area contributed by atoms with E-state index in [9.17, 15) is 5.11 Å². The Labute approximate surface area is 92.9 Å². The molecule has 88 valence electrons. The molecule has 0 aromatic rings. The number of nitrogens with zero attached hydrogens (tertiary/aromatic N) is 1. The van der Waals surface area contributed by atoms with Crippen LogP contribution in [-0.4, -0.2) is 50.0 Å². The van der Waals surface area contributed by atoms with Crippen molar-refractivity contribution in [3.63, 3.8) is 0 Å². The van der Waals surface area contributed by atoms with Crippen molar-refractivity contribution in [1.29, 1.82) is 0 Å². The van der Waals surface area contributed by atoms with Gasteiger partial charge in [-0.1, -0.05) is 6.92 Å². The lowest BCUT2D eigenvalue weighted by Crippen LogP contribution is -2.45. The maximum absolute atomic E-state index is 10.1. The minimum Gasteiger partial charge on any atom is -0.501 e. The van der Waals surface area contributed by atoms with Gasteiger partial charge in [0, 0.05) is 0 Å². The second kappa shape index (κ2) is 4.99. The first-order valence-electron chi connectivity index (χ1n) is 5.67. The van der Waals surface area contributed by atoms with E-state index in [1.54, 1.807) is 6.26 Å². The summed E-state index contributed by atoms with van der Waals surface area (Å²) in [6.45, 7) is 3.70. The van der Waals surface area contributed by atoms with Crippen LogP contribution in [0, 0.1) is 11.8 Å². The second-order valence-electron chi connectivity index (χ2n) is 5.55. The van der Waals surface area contributed by atoms with Gasteiger partial charge in [0.2, 0.25) is 0 Å². The number of ether oxygens (including phenoxy) is 1. The van der Waals surface area contributed by atoms with Crippen LogP contribution in [-0.2, 0) is 4.74 Å². The maximum Gasteiger partial charge on any atom is 0.106 e. The highest BCUT2D eigenvalue weighted by Gasteiger charge is 2.27. The maximum atomic E-state index is 10.1. The molecule has 3 atom stereocenters. The van der Waals surface area contributed by atoms with Gasteiger partial charge in [0.1, 0.15) is 12.6 Å². The molecule has 3 unspecified atom stereocenters. The van der Waals surface area contributed by atoms with Crippen molar-refractivity contribution in [2.75, 3.05) is 34.3 Å². The van der Waals surface area contributed by atoms with Crippen molar-refractivity contribution in [2.24, 2.45) is 11.8 Å². The Hall–Kier alpha value is -0.540. The van der Waals surface area contributed by atoms with Gasteiger partial charge in [0.05, 0.1) is 34.0 Å². The van der Waals surface area contributed by atoms with Crippen LogP contribution in [0.5, 0.6) is 0 Å². The summed E-state index contributed by atoms with van der Waals surface area (Å²) >= 11 is 0. The van der Waals surface area contributed by atoms with Crippen LogP contribution in [0.3, 0.4) is 0 Å². The summed E-state index contributed by atoms with van der Waals surface area (Å²) in [4.78, 5) is 0. The molecule has 0 saturated heterocycles. The van der Waals surface area contributed by atoms with Crippen molar-refractivity contribution >= 4 is 0 Å². The van der Waals surface area contributed by atoms with Gasteiger partial charge >= 0.3 is 0 Å². The zero-order chi connectivity index (χ0) is 11.5. The molecule has 1 N–H and O–H groups in total. The summed E-state index contributed by atoms with van der Waals surface area (Å²) in [7, 11) is 6.32. The Morgan fingerprint density at radius 3 is 2.60 bits per heavy atom. The molecule has 0 aromatic heterocycles. The first-order chi connectivity index (χ1) is 6.90. The summed E-state index contributed by atoms with van der Waals surface area (Å²) in [5.41, 5.74) is 0. The molecule has 1 aliphatic rings. The monoisotopic (exact) mass is 214 g/mol. The lowest BCUT2D eigenvalue weighted by Gasteiger charge is -2.32. The van der Waals surface area contributed by atoms with E-state index in [-0.39, 0.29) is 6.10 Å². The highest BCUT2D eigenvalue weighted by molar-refractivity contribution is 4.91. The Bertz CT molecular complexity index is 220. The Balaban J connectivity index is 2.48. The molecule has 0 bridgehead atoms. The number of aliphatic hydroxyl groups is 1. The number of hydrogen-bond donors (Lipinski definition) is 1. The van der Waals surface area contributed by atoms with Gasteiger partial charge in [-0.25, -0.2) is 0 Å². The van der Waals surface area contributed by atoms with Crippen LogP contribution in [0.25, 0.3) is 0 Å². The first-order valence-corrected chi connectivity index (χ1v) is 5.67. The fourth-order valence-electron chi connectivity index (χ4n) is 1.98. The summed E-state index contributed by atoms with van der Waals surface area (Å²) < 4.78 is 5.97. The van der Waals surface area contributed by atoms with Crippen molar-refractivity contribution in [2.45, 2.75) is 19.4 Å². The van der Waals surface area contributed by atoms with Crippen molar-refractivity contribution < 1.29 is 14.3 Å². The molecule has 0 fully saturated rings. The van der Waals surface area contributed by atoms with Crippen molar-refractivity contribution in [3.8, 4) is 0 Å². The van der Waals surface area contributed by atoms with Crippen LogP contribution in [0.15, 0.2) is 12.3 Å². The molecule has 0 aromatic carbocycles. The number of likely N-dealkylation sites (N-methyl/N-ethyl adjacent to an activating group) is 1. The van der Waals surface area contributed by atoms with Crippen molar-refractivity contribution in [1.82, 2.24) is 0 Å². The van der Waals surface area contributed by atoms with E-state index in [4.69, 9.17) is 4.74 Å². The van der Waals surface area contributed by atoms with E-state index in [1.165, 1.54) is 0 Å². The van der Waals surface area contributed by atoms with Gasteiger partial charge in [-0.2, -0.15) is 0 Å². The van der Waals surface area contributed by atoms with E-state index in [0.717, 1.165) is 24.1 Å².